The number of amides is 1. The van der Waals surface area contributed by atoms with Crippen LogP contribution in [-0.2, 0) is 16.6 Å². The van der Waals surface area contributed by atoms with Crippen LogP contribution in [0, 0.1) is 17.8 Å². The van der Waals surface area contributed by atoms with Gasteiger partial charge in [0, 0.05) is 18.2 Å². The monoisotopic (exact) mass is 435 g/mol. The number of phenols is 1. The van der Waals surface area contributed by atoms with Crippen molar-refractivity contribution in [3.8, 4) is 17.1 Å². The van der Waals surface area contributed by atoms with Gasteiger partial charge in [-0.15, -0.1) is 0 Å². The van der Waals surface area contributed by atoms with Crippen LogP contribution in [0.2, 0.25) is 0 Å². The molecule has 0 atom stereocenters. The molecule has 4 bridgehead atoms. The number of ether oxygens (including phenoxy) is 1. The Kier molecular flexibility index (Phi) is 5.34. The average molecular weight is 436 g/mol. The number of phenolic OH excluding ortho intramolecular Hbond substituents is 1. The zero-order chi connectivity index (χ0) is 22.5. The first kappa shape index (κ1) is 21.2. The van der Waals surface area contributed by atoms with Crippen LogP contribution in [0.25, 0.3) is 11.4 Å². The van der Waals surface area contributed by atoms with Crippen molar-refractivity contribution in [3.05, 3.63) is 35.7 Å². The third kappa shape index (κ3) is 3.54. The van der Waals surface area contributed by atoms with Crippen LogP contribution in [0.5, 0.6) is 5.75 Å². The second-order valence-corrected chi connectivity index (χ2v) is 10.1. The number of benzene rings is 1. The van der Waals surface area contributed by atoms with Crippen molar-refractivity contribution in [2.45, 2.75) is 64.2 Å². The quantitative estimate of drug-likeness (QED) is 0.674. The van der Waals surface area contributed by atoms with Gasteiger partial charge in [-0.3, -0.25) is 4.90 Å². The molecule has 170 valence electrons. The smallest absolute Gasteiger partial charge is 0.414 e. The van der Waals surface area contributed by atoms with Gasteiger partial charge in [0.1, 0.15) is 5.75 Å². The molecule has 0 spiro atoms. The molecule has 4 fully saturated rings. The number of hydrogen-bond acceptors (Lipinski definition) is 5. The molecule has 1 aromatic carbocycles. The lowest BCUT2D eigenvalue weighted by molar-refractivity contribution is -0.00611. The maximum Gasteiger partial charge on any atom is 0.414 e. The Morgan fingerprint density at radius 3 is 2.41 bits per heavy atom. The summed E-state index contributed by atoms with van der Waals surface area (Å²) >= 11 is 0. The molecule has 0 saturated heterocycles. The molecule has 1 heterocycles. The van der Waals surface area contributed by atoms with E-state index < -0.39 is 6.09 Å². The molecule has 6 rings (SSSR count). The van der Waals surface area contributed by atoms with Crippen LogP contribution in [0.3, 0.4) is 0 Å². The third-order valence-corrected chi connectivity index (χ3v) is 7.95. The lowest BCUT2D eigenvalue weighted by atomic mass is 9.48. The minimum atomic E-state index is -0.410. The van der Waals surface area contributed by atoms with Gasteiger partial charge in [0.15, 0.2) is 5.82 Å². The number of carbonyl (C=O) groups excluding carboxylic acids is 1. The van der Waals surface area contributed by atoms with E-state index in [1.807, 2.05) is 19.1 Å². The van der Waals surface area contributed by atoms with E-state index in [0.29, 0.717) is 30.3 Å². The van der Waals surface area contributed by atoms with Crippen molar-refractivity contribution in [1.82, 2.24) is 9.97 Å². The molecule has 6 heteroatoms. The van der Waals surface area contributed by atoms with Crippen molar-refractivity contribution >= 4 is 11.8 Å². The van der Waals surface area contributed by atoms with E-state index in [9.17, 15) is 9.90 Å². The van der Waals surface area contributed by atoms with Gasteiger partial charge in [0.05, 0.1) is 24.2 Å². The molecule has 0 unspecified atom stereocenters. The number of hydrogen-bond donors (Lipinski definition) is 1. The molecule has 1 N–H and O–H groups in total. The Bertz CT molecular complexity index is 1000. The zero-order valence-electron chi connectivity index (χ0n) is 19.3. The van der Waals surface area contributed by atoms with Crippen molar-refractivity contribution < 1.29 is 14.6 Å². The summed E-state index contributed by atoms with van der Waals surface area (Å²) in [7, 11) is 1.68. The maximum absolute atomic E-state index is 12.2. The lowest BCUT2D eigenvalue weighted by Crippen LogP contribution is -2.48. The van der Waals surface area contributed by atoms with Crippen molar-refractivity contribution in [3.63, 3.8) is 0 Å². The Morgan fingerprint density at radius 1 is 1.16 bits per heavy atom. The number of aryl methyl sites for hydroxylation is 1. The highest BCUT2D eigenvalue weighted by Crippen LogP contribution is 2.62. The standard InChI is InChI=1S/C26H33N3O3/c1-4-21-22(29(3)25(31)32-5-2)15-27-24(28-21)19-6-7-23(30)20(11-19)26-12-16-8-17(13-26)10-18(9-16)14-26/h6-7,11,15-18,30H,4-5,8-10,12-14H2,1-3H3. The van der Waals surface area contributed by atoms with E-state index in [1.165, 1.54) is 43.4 Å². The molecule has 6 nitrogen and oxygen atoms in total. The molecular formula is C26H33N3O3. The summed E-state index contributed by atoms with van der Waals surface area (Å²) in [5, 5.41) is 10.9. The second kappa shape index (κ2) is 8.05. The van der Waals surface area contributed by atoms with Crippen LogP contribution < -0.4 is 4.90 Å². The van der Waals surface area contributed by atoms with Gasteiger partial charge in [-0.25, -0.2) is 14.8 Å². The van der Waals surface area contributed by atoms with E-state index in [-0.39, 0.29) is 5.41 Å². The fourth-order valence-corrected chi connectivity index (χ4v) is 6.95. The lowest BCUT2D eigenvalue weighted by Gasteiger charge is -2.57. The number of aromatic nitrogens is 2. The highest BCUT2D eigenvalue weighted by Gasteiger charge is 2.52. The van der Waals surface area contributed by atoms with Gasteiger partial charge in [-0.05, 0) is 93.2 Å². The molecule has 0 radical (unpaired) electrons. The Labute approximate surface area is 190 Å². The Morgan fingerprint density at radius 2 is 1.81 bits per heavy atom. The van der Waals surface area contributed by atoms with Crippen molar-refractivity contribution in [2.75, 3.05) is 18.6 Å². The van der Waals surface area contributed by atoms with Crippen LogP contribution in [0.4, 0.5) is 10.5 Å². The van der Waals surface area contributed by atoms with Gasteiger partial charge in [0.25, 0.3) is 0 Å². The first-order valence-corrected chi connectivity index (χ1v) is 12.0. The topological polar surface area (TPSA) is 75.5 Å². The van der Waals surface area contributed by atoms with Crippen molar-refractivity contribution in [2.24, 2.45) is 17.8 Å². The van der Waals surface area contributed by atoms with Gasteiger partial charge < -0.3 is 9.84 Å². The van der Waals surface area contributed by atoms with Crippen molar-refractivity contribution in [1.29, 1.82) is 0 Å². The molecule has 2 aromatic rings. The summed E-state index contributed by atoms with van der Waals surface area (Å²) in [4.78, 5) is 23.0. The molecule has 4 aliphatic carbocycles. The fourth-order valence-electron chi connectivity index (χ4n) is 6.95. The van der Waals surface area contributed by atoms with Crippen LogP contribution in [-0.4, -0.2) is 34.8 Å². The first-order valence-electron chi connectivity index (χ1n) is 12.0. The van der Waals surface area contributed by atoms with Gasteiger partial charge in [-0.2, -0.15) is 0 Å². The molecule has 4 aliphatic rings. The number of rotatable bonds is 5. The van der Waals surface area contributed by atoms with Crippen LogP contribution in [0.15, 0.2) is 24.4 Å². The fraction of sp³-hybridized carbons (Fsp3) is 0.577. The average Bonchev–Trinajstić information content (AvgIpc) is 2.77. The predicted octanol–water partition coefficient (Wildman–Crippen LogP) is 5.47. The molecule has 1 aromatic heterocycles. The van der Waals surface area contributed by atoms with E-state index in [4.69, 9.17) is 9.72 Å². The maximum atomic E-state index is 12.2. The molecular weight excluding hydrogens is 402 g/mol. The number of aromatic hydroxyl groups is 1. The summed E-state index contributed by atoms with van der Waals surface area (Å²) in [6.45, 7) is 4.13. The number of carbonyl (C=O) groups is 1. The number of nitrogens with zero attached hydrogens (tertiary/aromatic N) is 3. The second-order valence-electron chi connectivity index (χ2n) is 10.1. The van der Waals surface area contributed by atoms with E-state index >= 15 is 0 Å². The van der Waals surface area contributed by atoms with E-state index in [1.54, 1.807) is 20.2 Å². The van der Waals surface area contributed by atoms with Gasteiger partial charge in [0.2, 0.25) is 0 Å². The largest absolute Gasteiger partial charge is 0.508 e. The summed E-state index contributed by atoms with van der Waals surface area (Å²) in [6.07, 6.45) is 9.67. The van der Waals surface area contributed by atoms with E-state index in [0.717, 1.165) is 34.6 Å². The Balaban J connectivity index is 1.49. The summed E-state index contributed by atoms with van der Waals surface area (Å²) in [5.74, 6) is 3.47. The SMILES string of the molecule is CCOC(=O)N(C)c1cnc(-c2ccc(O)c(C34CC5CC(CC(C5)C3)C4)c2)nc1CC. The van der Waals surface area contributed by atoms with Crippen LogP contribution in [0.1, 0.15) is 63.6 Å². The Hall–Kier alpha value is -2.63. The predicted molar refractivity (Wildman–Crippen MR) is 124 cm³/mol. The van der Waals surface area contributed by atoms with Gasteiger partial charge in [-0.1, -0.05) is 6.92 Å². The summed E-state index contributed by atoms with van der Waals surface area (Å²) in [5.41, 5.74) is 3.58. The minimum Gasteiger partial charge on any atom is -0.508 e. The molecule has 4 saturated carbocycles. The molecule has 1 amide bonds. The first-order chi connectivity index (χ1) is 15.4. The van der Waals surface area contributed by atoms with Crippen LogP contribution >= 0.6 is 0 Å². The number of anilines is 1. The van der Waals surface area contributed by atoms with E-state index in [2.05, 4.69) is 11.1 Å². The highest BCUT2D eigenvalue weighted by atomic mass is 16.6. The molecule has 0 aliphatic heterocycles. The third-order valence-electron chi connectivity index (χ3n) is 7.95. The van der Waals surface area contributed by atoms with Gasteiger partial charge >= 0.3 is 6.09 Å². The summed E-state index contributed by atoms with van der Waals surface area (Å²) in [6, 6.07) is 5.85. The zero-order valence-corrected chi connectivity index (χ0v) is 19.3. The molecule has 32 heavy (non-hydrogen) atoms. The normalized spacial score (nSPS) is 28.0. The summed E-state index contributed by atoms with van der Waals surface area (Å²) < 4.78 is 5.12. The highest BCUT2D eigenvalue weighted by molar-refractivity contribution is 5.87. The minimum absolute atomic E-state index is 0.104.